The number of carbonyl (C=O) groups is 2. The highest BCUT2D eigenvalue weighted by Crippen LogP contribution is 2.55. The molecule has 0 amide bonds. The van der Waals surface area contributed by atoms with Crippen LogP contribution in [0.15, 0.2) is 30.9 Å². The first kappa shape index (κ1) is 16.4. The van der Waals surface area contributed by atoms with Crippen LogP contribution in [0.25, 0.3) is 0 Å². The Morgan fingerprint density at radius 3 is 2.75 bits per heavy atom. The molecule has 0 spiro atoms. The fraction of sp³-hybridized carbons (Fsp3) is 0.214. The number of thioether (sulfide) groups is 1. The molecule has 0 saturated carbocycles. The molecule has 1 aromatic heterocycles. The van der Waals surface area contributed by atoms with Crippen LogP contribution < -0.4 is 9.61 Å². The van der Waals surface area contributed by atoms with Crippen molar-refractivity contribution in [3.8, 4) is 5.75 Å². The largest absolute Gasteiger partial charge is 0.480 e. The summed E-state index contributed by atoms with van der Waals surface area (Å²) in [5.41, 5.74) is 0.684. The van der Waals surface area contributed by atoms with Crippen molar-refractivity contribution < 1.29 is 19.4 Å². The van der Waals surface area contributed by atoms with E-state index in [1.165, 1.54) is 0 Å². The Bertz CT molecular complexity index is 953. The van der Waals surface area contributed by atoms with Crippen LogP contribution in [-0.2, 0) is 9.59 Å². The van der Waals surface area contributed by atoms with Gasteiger partial charge in [-0.2, -0.15) is 0 Å². The summed E-state index contributed by atoms with van der Waals surface area (Å²) in [6.07, 6.45) is 0. The van der Waals surface area contributed by atoms with Gasteiger partial charge in [-0.15, -0.1) is 0 Å². The number of rotatable bonds is 1. The van der Waals surface area contributed by atoms with Crippen molar-refractivity contribution in [3.63, 3.8) is 0 Å². The van der Waals surface area contributed by atoms with Gasteiger partial charge >= 0.3 is 16.8 Å². The lowest BCUT2D eigenvalue weighted by Crippen LogP contribution is -2.44. The molecule has 0 fully saturated rings. The molecule has 0 unspecified atom stereocenters. The quantitative estimate of drug-likeness (QED) is 0.468. The molecule has 0 radical (unpaired) electrons. The summed E-state index contributed by atoms with van der Waals surface area (Å²) < 4.78 is 6.78. The van der Waals surface area contributed by atoms with Gasteiger partial charge in [0.05, 0.1) is 15.4 Å². The molecule has 6 nitrogen and oxygen atoms in total. The number of ether oxygens (including phenoxy) is 1. The lowest BCUT2D eigenvalue weighted by atomic mass is 9.80. The molecule has 10 heteroatoms. The van der Waals surface area contributed by atoms with E-state index in [0.29, 0.717) is 25.7 Å². The predicted molar refractivity (Wildman–Crippen MR) is 95.0 cm³/mol. The maximum Gasteiger partial charge on any atom is 0.317 e. The fourth-order valence-electron chi connectivity index (χ4n) is 3.04. The molecule has 0 aliphatic carbocycles. The van der Waals surface area contributed by atoms with E-state index in [4.69, 9.17) is 4.74 Å². The summed E-state index contributed by atoms with van der Waals surface area (Å²) in [5.74, 6) is -2.76. The van der Waals surface area contributed by atoms with Crippen molar-refractivity contribution in [2.75, 3.05) is 0 Å². The summed E-state index contributed by atoms with van der Waals surface area (Å²) in [4.78, 5) is 39.1. The average Bonchev–Trinajstić information content (AvgIpc) is 2.87. The van der Waals surface area contributed by atoms with Gasteiger partial charge in [0.1, 0.15) is 11.0 Å². The van der Waals surface area contributed by atoms with Gasteiger partial charge in [0.2, 0.25) is 0 Å². The minimum atomic E-state index is -1.11. The van der Waals surface area contributed by atoms with Crippen LogP contribution >= 0.6 is 55.0 Å². The van der Waals surface area contributed by atoms with Crippen molar-refractivity contribution in [1.82, 2.24) is 4.98 Å². The molecule has 0 bridgehead atoms. The summed E-state index contributed by atoms with van der Waals surface area (Å²) >= 11 is 8.77. The number of hydrogen-bond acceptors (Lipinski definition) is 6. The molecular formula is C14H7Br2NO5S2. The van der Waals surface area contributed by atoms with Crippen LogP contribution in [0.4, 0.5) is 0 Å². The van der Waals surface area contributed by atoms with Crippen molar-refractivity contribution in [2.45, 2.75) is 16.2 Å². The number of fused-ring (bicyclic) bond motifs is 5. The van der Waals surface area contributed by atoms with Gasteiger partial charge in [-0.25, -0.2) is 0 Å². The monoisotopic (exact) mass is 491 g/mol. The Kier molecular flexibility index (Phi) is 3.90. The molecule has 2 aliphatic rings. The van der Waals surface area contributed by atoms with Crippen LogP contribution in [0.3, 0.4) is 0 Å². The summed E-state index contributed by atoms with van der Waals surface area (Å²) in [6, 6.07) is 3.55. The van der Waals surface area contributed by atoms with E-state index in [2.05, 4.69) is 36.8 Å². The van der Waals surface area contributed by atoms with Gasteiger partial charge in [0.25, 0.3) is 0 Å². The van der Waals surface area contributed by atoms with Gasteiger partial charge in [0.15, 0.2) is 0 Å². The number of H-pyrrole nitrogens is 1. The minimum absolute atomic E-state index is 0.271. The number of halogens is 2. The van der Waals surface area contributed by atoms with Gasteiger partial charge in [0, 0.05) is 20.8 Å². The number of aromatic amines is 1. The van der Waals surface area contributed by atoms with Crippen molar-refractivity contribution >= 4 is 66.9 Å². The number of hydrogen-bond donors (Lipinski definition) is 2. The Balaban J connectivity index is 2.02. The summed E-state index contributed by atoms with van der Waals surface area (Å²) in [7, 11) is 0. The molecule has 1 aromatic carbocycles. The normalized spacial score (nSPS) is 24.6. The number of nitrogens with one attached hydrogen (secondary N) is 1. The molecule has 24 heavy (non-hydrogen) atoms. The number of esters is 1. The smallest absolute Gasteiger partial charge is 0.317 e. The third-order valence-electron chi connectivity index (χ3n) is 3.94. The van der Waals surface area contributed by atoms with Crippen molar-refractivity contribution in [2.24, 2.45) is 5.92 Å². The SMILES string of the molecule is O=C1Oc2c(Br)cc(Br)cc2[C@H]2c3sc(=O)[nH]c3S[C@@H](C(=O)O)[C@@H]12. The number of carbonyl (C=O) groups excluding carboxylic acids is 1. The van der Waals surface area contributed by atoms with Crippen LogP contribution in [0, 0.1) is 5.92 Å². The van der Waals surface area contributed by atoms with Crippen LogP contribution in [-0.4, -0.2) is 27.3 Å². The molecule has 4 rings (SSSR count). The van der Waals surface area contributed by atoms with E-state index in [1.54, 1.807) is 12.1 Å². The maximum absolute atomic E-state index is 12.5. The highest BCUT2D eigenvalue weighted by atomic mass is 79.9. The van der Waals surface area contributed by atoms with Gasteiger partial charge < -0.3 is 14.8 Å². The lowest BCUT2D eigenvalue weighted by molar-refractivity contribution is -0.147. The summed E-state index contributed by atoms with van der Waals surface area (Å²) in [5, 5.41) is 9.04. The van der Waals surface area contributed by atoms with E-state index < -0.39 is 29.0 Å². The third-order valence-corrected chi connectivity index (χ3v) is 7.39. The van der Waals surface area contributed by atoms with E-state index in [9.17, 15) is 19.5 Å². The van der Waals surface area contributed by atoms with E-state index in [1.807, 2.05) is 0 Å². The van der Waals surface area contributed by atoms with Crippen LogP contribution in [0.2, 0.25) is 0 Å². The highest BCUT2D eigenvalue weighted by molar-refractivity contribution is 9.11. The Morgan fingerprint density at radius 1 is 1.29 bits per heavy atom. The number of carboxylic acid groups (broad SMARTS) is 1. The third kappa shape index (κ3) is 2.39. The second kappa shape index (κ2) is 5.72. The second-order valence-electron chi connectivity index (χ2n) is 5.32. The molecule has 3 heterocycles. The number of benzene rings is 1. The molecule has 0 saturated heterocycles. The number of thiazole rings is 1. The van der Waals surface area contributed by atoms with Crippen LogP contribution in [0.1, 0.15) is 16.4 Å². The molecular weight excluding hydrogens is 486 g/mol. The highest BCUT2D eigenvalue weighted by Gasteiger charge is 2.52. The first-order valence-corrected chi connectivity index (χ1v) is 9.98. The molecule has 2 aliphatic heterocycles. The number of aliphatic carboxylic acids is 1. The maximum atomic E-state index is 12.5. The Morgan fingerprint density at radius 2 is 2.04 bits per heavy atom. The second-order valence-corrected chi connectivity index (χ2v) is 9.25. The average molecular weight is 493 g/mol. The minimum Gasteiger partial charge on any atom is -0.480 e. The van der Waals surface area contributed by atoms with Crippen LogP contribution in [0.5, 0.6) is 5.75 Å². The molecule has 3 atom stereocenters. The molecule has 124 valence electrons. The topological polar surface area (TPSA) is 96.5 Å². The predicted octanol–water partition coefficient (Wildman–Crippen LogP) is 3.19. The zero-order chi connectivity index (χ0) is 17.2. The van der Waals surface area contributed by atoms with E-state index in [-0.39, 0.29) is 4.87 Å². The van der Waals surface area contributed by atoms with E-state index >= 15 is 0 Å². The lowest BCUT2D eigenvalue weighted by Gasteiger charge is -2.37. The summed E-state index contributed by atoms with van der Waals surface area (Å²) in [6.45, 7) is 0. The Labute approximate surface area is 159 Å². The first-order valence-electron chi connectivity index (χ1n) is 6.70. The fourth-order valence-corrected chi connectivity index (χ4v) is 6.78. The molecule has 2 aromatic rings. The van der Waals surface area contributed by atoms with Gasteiger partial charge in [-0.05, 0) is 28.1 Å². The van der Waals surface area contributed by atoms with Gasteiger partial charge in [-0.1, -0.05) is 39.0 Å². The standard InChI is InChI=1S/C14H7Br2NO5S2/c15-3-1-4-6-7(13(20)22-8(4)5(16)2-3)10(12(18)19)23-11-9(6)24-14(21)17-11/h1-2,6-7,10H,(H,17,21)(H,18,19)/t6-,7+,10-/m1/s1. The zero-order valence-electron chi connectivity index (χ0n) is 11.5. The van der Waals surface area contributed by atoms with Crippen molar-refractivity contribution in [3.05, 3.63) is 41.2 Å². The Hall–Kier alpha value is -1.10. The van der Waals surface area contributed by atoms with E-state index in [0.717, 1.165) is 27.6 Å². The van der Waals surface area contributed by atoms with Crippen molar-refractivity contribution in [1.29, 1.82) is 0 Å². The van der Waals surface area contributed by atoms with Gasteiger partial charge in [-0.3, -0.25) is 14.4 Å². The number of aromatic nitrogens is 1. The molecule has 2 N–H and O–H groups in total. The number of carboxylic acids is 1. The first-order chi connectivity index (χ1) is 11.4. The zero-order valence-corrected chi connectivity index (χ0v) is 16.3.